The number of aromatic hydroxyl groups is 1. The van der Waals surface area contributed by atoms with Gasteiger partial charge < -0.3 is 15.4 Å². The molecule has 3 N–H and O–H groups in total. The summed E-state index contributed by atoms with van der Waals surface area (Å²) in [6, 6.07) is 1.51. The van der Waals surface area contributed by atoms with Gasteiger partial charge in [-0.3, -0.25) is 4.79 Å². The second kappa shape index (κ2) is 2.43. The SMILES string of the molecule is CNC(=O)c1cc[nH]c1O. The van der Waals surface area contributed by atoms with E-state index in [1.165, 1.54) is 19.3 Å². The van der Waals surface area contributed by atoms with Gasteiger partial charge in [0, 0.05) is 13.2 Å². The molecule has 0 saturated carbocycles. The molecule has 1 rings (SSSR count). The van der Waals surface area contributed by atoms with Crippen molar-refractivity contribution in [2.75, 3.05) is 7.05 Å². The molecule has 10 heavy (non-hydrogen) atoms. The van der Waals surface area contributed by atoms with E-state index < -0.39 is 0 Å². The Labute approximate surface area is 57.9 Å². The summed E-state index contributed by atoms with van der Waals surface area (Å²) in [6.45, 7) is 0. The largest absolute Gasteiger partial charge is 0.494 e. The lowest BCUT2D eigenvalue weighted by Crippen LogP contribution is -2.16. The number of H-pyrrole nitrogens is 1. The number of amides is 1. The van der Waals surface area contributed by atoms with E-state index in [2.05, 4.69) is 10.3 Å². The van der Waals surface area contributed by atoms with Crippen molar-refractivity contribution in [3.8, 4) is 5.88 Å². The van der Waals surface area contributed by atoms with Crippen LogP contribution in [0.15, 0.2) is 12.3 Å². The highest BCUT2D eigenvalue weighted by Gasteiger charge is 2.08. The van der Waals surface area contributed by atoms with Crippen molar-refractivity contribution in [1.82, 2.24) is 10.3 Å². The van der Waals surface area contributed by atoms with Crippen LogP contribution in [0.25, 0.3) is 0 Å². The van der Waals surface area contributed by atoms with E-state index in [9.17, 15) is 4.79 Å². The fraction of sp³-hybridized carbons (Fsp3) is 0.167. The smallest absolute Gasteiger partial charge is 0.256 e. The Morgan fingerprint density at radius 3 is 2.90 bits per heavy atom. The molecule has 0 aliphatic carbocycles. The number of rotatable bonds is 1. The molecule has 0 aliphatic heterocycles. The quantitative estimate of drug-likeness (QED) is 0.517. The topological polar surface area (TPSA) is 65.1 Å². The average molecular weight is 140 g/mol. The first-order valence-corrected chi connectivity index (χ1v) is 2.84. The number of nitrogens with one attached hydrogen (secondary N) is 2. The predicted octanol–water partition coefficient (Wildman–Crippen LogP) is 0.0799. The molecule has 0 fully saturated rings. The minimum Gasteiger partial charge on any atom is -0.494 e. The normalized spacial score (nSPS) is 9.30. The van der Waals surface area contributed by atoms with Crippen LogP contribution in [0.2, 0.25) is 0 Å². The minimum atomic E-state index is -0.293. The standard InChI is InChI=1S/C6H8N2O2/c1-7-5(9)4-2-3-8-6(4)10/h2-3,8,10H,1H3,(H,7,9). The summed E-state index contributed by atoms with van der Waals surface area (Å²) in [5.41, 5.74) is 0.266. The number of carbonyl (C=O) groups is 1. The molecule has 0 aliphatic rings. The lowest BCUT2D eigenvalue weighted by molar-refractivity contribution is 0.0960. The van der Waals surface area contributed by atoms with E-state index in [0.29, 0.717) is 0 Å². The Balaban J connectivity index is 2.93. The average Bonchev–Trinajstić information content (AvgIpc) is 2.34. The van der Waals surface area contributed by atoms with Gasteiger partial charge in [-0.15, -0.1) is 0 Å². The third-order valence-electron chi connectivity index (χ3n) is 1.20. The molecule has 54 valence electrons. The van der Waals surface area contributed by atoms with Gasteiger partial charge >= 0.3 is 0 Å². The fourth-order valence-corrected chi connectivity index (χ4v) is 0.679. The molecule has 1 heterocycles. The van der Waals surface area contributed by atoms with Crippen molar-refractivity contribution in [3.05, 3.63) is 17.8 Å². The Hall–Kier alpha value is -1.45. The molecule has 0 atom stereocenters. The maximum absolute atomic E-state index is 10.8. The van der Waals surface area contributed by atoms with Crippen molar-refractivity contribution >= 4 is 5.91 Å². The van der Waals surface area contributed by atoms with E-state index in [0.717, 1.165) is 0 Å². The summed E-state index contributed by atoms with van der Waals surface area (Å²) in [6.07, 6.45) is 1.50. The molecule has 0 spiro atoms. The van der Waals surface area contributed by atoms with Gasteiger partial charge in [0.1, 0.15) is 5.56 Å². The third kappa shape index (κ3) is 0.953. The Morgan fingerprint density at radius 2 is 2.50 bits per heavy atom. The molecule has 0 aromatic carbocycles. The maximum Gasteiger partial charge on any atom is 0.256 e. The van der Waals surface area contributed by atoms with Crippen molar-refractivity contribution in [1.29, 1.82) is 0 Å². The predicted molar refractivity (Wildman–Crippen MR) is 35.8 cm³/mol. The first-order valence-electron chi connectivity index (χ1n) is 2.84. The Kier molecular flexibility index (Phi) is 1.62. The first-order chi connectivity index (χ1) is 4.75. The van der Waals surface area contributed by atoms with E-state index in [1.54, 1.807) is 0 Å². The minimum absolute atomic E-state index is 0.0978. The van der Waals surface area contributed by atoms with Gasteiger partial charge in [0.15, 0.2) is 0 Å². The van der Waals surface area contributed by atoms with Crippen LogP contribution in [0.1, 0.15) is 10.4 Å². The van der Waals surface area contributed by atoms with Crippen LogP contribution < -0.4 is 5.32 Å². The van der Waals surface area contributed by atoms with Crippen molar-refractivity contribution < 1.29 is 9.90 Å². The van der Waals surface area contributed by atoms with Gasteiger partial charge in [-0.1, -0.05) is 0 Å². The first kappa shape index (κ1) is 6.67. The Bertz CT molecular complexity index is 242. The van der Waals surface area contributed by atoms with Crippen molar-refractivity contribution in [2.24, 2.45) is 0 Å². The second-order valence-electron chi connectivity index (χ2n) is 1.82. The molecule has 0 saturated heterocycles. The fourth-order valence-electron chi connectivity index (χ4n) is 0.679. The molecule has 1 aromatic rings. The Morgan fingerprint density at radius 1 is 1.80 bits per heavy atom. The van der Waals surface area contributed by atoms with Gasteiger partial charge in [-0.2, -0.15) is 0 Å². The summed E-state index contributed by atoms with van der Waals surface area (Å²) in [5, 5.41) is 11.3. The van der Waals surface area contributed by atoms with Crippen molar-refractivity contribution in [3.63, 3.8) is 0 Å². The molecule has 4 nitrogen and oxygen atoms in total. The lowest BCUT2D eigenvalue weighted by Gasteiger charge is -1.94. The summed E-state index contributed by atoms with van der Waals surface area (Å²) in [5.74, 6) is -0.391. The molecule has 1 amide bonds. The second-order valence-corrected chi connectivity index (χ2v) is 1.82. The lowest BCUT2D eigenvalue weighted by atomic mass is 10.3. The highest BCUT2D eigenvalue weighted by atomic mass is 16.3. The number of aromatic nitrogens is 1. The van der Waals surface area contributed by atoms with Gasteiger partial charge in [0.05, 0.1) is 0 Å². The number of aromatic amines is 1. The number of hydrogen-bond acceptors (Lipinski definition) is 2. The van der Waals surface area contributed by atoms with Crippen molar-refractivity contribution in [2.45, 2.75) is 0 Å². The third-order valence-corrected chi connectivity index (χ3v) is 1.20. The molecule has 0 unspecified atom stereocenters. The molecular weight excluding hydrogens is 132 g/mol. The zero-order valence-electron chi connectivity index (χ0n) is 5.51. The van der Waals surface area contributed by atoms with E-state index >= 15 is 0 Å². The summed E-state index contributed by atoms with van der Waals surface area (Å²) in [4.78, 5) is 13.3. The zero-order chi connectivity index (χ0) is 7.56. The van der Waals surface area contributed by atoms with E-state index in [4.69, 9.17) is 5.11 Å². The highest BCUT2D eigenvalue weighted by Crippen LogP contribution is 2.11. The van der Waals surface area contributed by atoms with Crippen LogP contribution in [-0.2, 0) is 0 Å². The van der Waals surface area contributed by atoms with Gasteiger partial charge in [-0.25, -0.2) is 0 Å². The zero-order valence-corrected chi connectivity index (χ0v) is 5.51. The molecule has 0 bridgehead atoms. The van der Waals surface area contributed by atoms with Gasteiger partial charge in [0.25, 0.3) is 5.91 Å². The maximum atomic E-state index is 10.8. The highest BCUT2D eigenvalue weighted by molar-refractivity contribution is 5.96. The summed E-state index contributed by atoms with van der Waals surface area (Å²) < 4.78 is 0. The molecular formula is C6H8N2O2. The summed E-state index contributed by atoms with van der Waals surface area (Å²) in [7, 11) is 1.51. The summed E-state index contributed by atoms with van der Waals surface area (Å²) >= 11 is 0. The van der Waals surface area contributed by atoms with E-state index in [-0.39, 0.29) is 17.4 Å². The van der Waals surface area contributed by atoms with Crippen LogP contribution >= 0.6 is 0 Å². The van der Waals surface area contributed by atoms with E-state index in [1.807, 2.05) is 0 Å². The van der Waals surface area contributed by atoms with Gasteiger partial charge in [0.2, 0.25) is 5.88 Å². The van der Waals surface area contributed by atoms with Crippen LogP contribution in [0.5, 0.6) is 5.88 Å². The van der Waals surface area contributed by atoms with Crippen LogP contribution in [0.3, 0.4) is 0 Å². The monoisotopic (exact) mass is 140 g/mol. The van der Waals surface area contributed by atoms with Gasteiger partial charge in [-0.05, 0) is 6.07 Å². The molecule has 4 heteroatoms. The van der Waals surface area contributed by atoms with Crippen LogP contribution in [0.4, 0.5) is 0 Å². The van der Waals surface area contributed by atoms with Crippen LogP contribution in [0, 0.1) is 0 Å². The molecule has 1 aromatic heterocycles. The number of hydrogen-bond donors (Lipinski definition) is 3. The number of carbonyl (C=O) groups excluding carboxylic acids is 1. The molecule has 0 radical (unpaired) electrons. The van der Waals surface area contributed by atoms with Crippen LogP contribution in [-0.4, -0.2) is 23.0 Å².